The standard InChI is InChI=1S/C21H29N5/c22-12-14-5-3-6-15(11-14)13-24-20-18-10-4-8-16-7-1-2-9-17(16)19(18)25-21(23)26-20/h1-2,7,9,14-15H,3-6,8,10-13,22H2,(H3,23,24,25,26). The lowest BCUT2D eigenvalue weighted by molar-refractivity contribution is 0.281. The maximum atomic E-state index is 6.06. The Hall–Kier alpha value is -2.14. The van der Waals surface area contributed by atoms with Crippen LogP contribution in [0.3, 0.4) is 0 Å². The van der Waals surface area contributed by atoms with Crippen LogP contribution >= 0.6 is 0 Å². The maximum Gasteiger partial charge on any atom is 0.222 e. The van der Waals surface area contributed by atoms with Crippen molar-refractivity contribution < 1.29 is 0 Å². The van der Waals surface area contributed by atoms with E-state index < -0.39 is 0 Å². The number of nitrogens with zero attached hydrogens (tertiary/aromatic N) is 2. The van der Waals surface area contributed by atoms with Gasteiger partial charge in [0.05, 0.1) is 5.69 Å². The van der Waals surface area contributed by atoms with Crippen LogP contribution < -0.4 is 16.8 Å². The van der Waals surface area contributed by atoms with E-state index in [0.29, 0.717) is 17.8 Å². The van der Waals surface area contributed by atoms with Gasteiger partial charge in [-0.15, -0.1) is 0 Å². The Morgan fingerprint density at radius 3 is 2.77 bits per heavy atom. The zero-order valence-electron chi connectivity index (χ0n) is 15.4. The second kappa shape index (κ2) is 7.62. The van der Waals surface area contributed by atoms with Gasteiger partial charge in [-0.2, -0.15) is 4.98 Å². The lowest BCUT2D eigenvalue weighted by atomic mass is 9.81. The third kappa shape index (κ3) is 3.54. The van der Waals surface area contributed by atoms with Crippen LogP contribution in [0.1, 0.15) is 43.2 Å². The summed E-state index contributed by atoms with van der Waals surface area (Å²) in [7, 11) is 0. The molecule has 5 N–H and O–H groups in total. The number of aromatic nitrogens is 2. The Bertz CT molecular complexity index is 773. The summed E-state index contributed by atoms with van der Waals surface area (Å²) in [6.07, 6.45) is 8.23. The van der Waals surface area contributed by atoms with Crippen LogP contribution in [-0.4, -0.2) is 23.1 Å². The molecule has 1 saturated carbocycles. The monoisotopic (exact) mass is 351 g/mol. The first kappa shape index (κ1) is 17.3. The minimum atomic E-state index is 0.353. The second-order valence-corrected chi connectivity index (χ2v) is 7.78. The summed E-state index contributed by atoms with van der Waals surface area (Å²) in [6.45, 7) is 1.75. The van der Waals surface area contributed by atoms with Gasteiger partial charge in [-0.1, -0.05) is 30.7 Å². The molecule has 5 heteroatoms. The van der Waals surface area contributed by atoms with Crippen molar-refractivity contribution in [1.29, 1.82) is 0 Å². The summed E-state index contributed by atoms with van der Waals surface area (Å²) in [4.78, 5) is 9.16. The number of nitrogen functional groups attached to an aromatic ring is 1. The molecule has 138 valence electrons. The zero-order valence-corrected chi connectivity index (χ0v) is 15.4. The summed E-state index contributed by atoms with van der Waals surface area (Å²) in [6, 6.07) is 8.53. The predicted octanol–water partition coefficient (Wildman–Crippen LogP) is 3.39. The zero-order chi connectivity index (χ0) is 17.9. The van der Waals surface area contributed by atoms with Gasteiger partial charge in [-0.3, -0.25) is 0 Å². The molecule has 1 aromatic carbocycles. The molecule has 4 rings (SSSR count). The molecule has 2 aliphatic rings. The highest BCUT2D eigenvalue weighted by Crippen LogP contribution is 2.35. The van der Waals surface area contributed by atoms with Crippen molar-refractivity contribution >= 4 is 11.8 Å². The number of nitrogens with one attached hydrogen (secondary N) is 1. The van der Waals surface area contributed by atoms with Crippen LogP contribution in [0.15, 0.2) is 24.3 Å². The van der Waals surface area contributed by atoms with Crippen LogP contribution in [-0.2, 0) is 12.8 Å². The largest absolute Gasteiger partial charge is 0.369 e. The lowest BCUT2D eigenvalue weighted by Gasteiger charge is -2.28. The average Bonchev–Trinajstić information content (AvgIpc) is 2.86. The molecule has 2 aromatic rings. The third-order valence-corrected chi connectivity index (χ3v) is 5.95. The fourth-order valence-electron chi connectivity index (χ4n) is 4.57. The number of rotatable bonds is 4. The molecule has 0 bridgehead atoms. The van der Waals surface area contributed by atoms with Gasteiger partial charge in [-0.25, -0.2) is 4.98 Å². The van der Waals surface area contributed by atoms with Gasteiger partial charge < -0.3 is 16.8 Å². The normalized spacial score (nSPS) is 22.2. The minimum Gasteiger partial charge on any atom is -0.369 e. The van der Waals surface area contributed by atoms with E-state index in [-0.39, 0.29) is 0 Å². The van der Waals surface area contributed by atoms with Crippen molar-refractivity contribution in [3.8, 4) is 11.3 Å². The SMILES string of the molecule is NCC1CCCC(CNc2nc(N)nc3c2CCCc2ccccc2-3)C1. The van der Waals surface area contributed by atoms with E-state index in [4.69, 9.17) is 11.5 Å². The molecule has 5 nitrogen and oxygen atoms in total. The summed E-state index contributed by atoms with van der Waals surface area (Å²) >= 11 is 0. The number of nitrogens with two attached hydrogens (primary N) is 2. The van der Waals surface area contributed by atoms with E-state index in [9.17, 15) is 0 Å². The molecule has 2 atom stereocenters. The summed E-state index contributed by atoms with van der Waals surface area (Å²) in [5.41, 5.74) is 16.7. The smallest absolute Gasteiger partial charge is 0.222 e. The Morgan fingerprint density at radius 1 is 1.04 bits per heavy atom. The molecule has 0 radical (unpaired) electrons. The molecule has 2 aliphatic carbocycles. The average molecular weight is 351 g/mol. The number of benzene rings is 1. The first-order valence-corrected chi connectivity index (χ1v) is 9.93. The Kier molecular flexibility index (Phi) is 5.07. The Balaban J connectivity index is 1.59. The highest BCUT2D eigenvalue weighted by atomic mass is 15.1. The molecule has 0 amide bonds. The molecule has 0 spiro atoms. The molecule has 0 saturated heterocycles. The van der Waals surface area contributed by atoms with Crippen LogP contribution in [0.4, 0.5) is 11.8 Å². The maximum absolute atomic E-state index is 6.06. The van der Waals surface area contributed by atoms with Gasteiger partial charge in [0.15, 0.2) is 0 Å². The Morgan fingerprint density at radius 2 is 1.88 bits per heavy atom. The van der Waals surface area contributed by atoms with Gasteiger partial charge in [-0.05, 0) is 62.5 Å². The minimum absolute atomic E-state index is 0.353. The number of aryl methyl sites for hydroxylation is 1. The fraction of sp³-hybridized carbons (Fsp3) is 0.524. The van der Waals surface area contributed by atoms with Gasteiger partial charge in [0, 0.05) is 17.7 Å². The van der Waals surface area contributed by atoms with Gasteiger partial charge in [0.2, 0.25) is 5.95 Å². The molecule has 1 aromatic heterocycles. The van der Waals surface area contributed by atoms with Gasteiger partial charge in [0.25, 0.3) is 0 Å². The van der Waals surface area contributed by atoms with Crippen LogP contribution in [0.2, 0.25) is 0 Å². The molecule has 26 heavy (non-hydrogen) atoms. The van der Waals surface area contributed by atoms with E-state index >= 15 is 0 Å². The van der Waals surface area contributed by atoms with Crippen molar-refractivity contribution in [2.24, 2.45) is 17.6 Å². The van der Waals surface area contributed by atoms with Gasteiger partial charge in [0.1, 0.15) is 5.82 Å². The highest BCUT2D eigenvalue weighted by molar-refractivity contribution is 5.73. The van der Waals surface area contributed by atoms with E-state index in [1.165, 1.54) is 42.4 Å². The second-order valence-electron chi connectivity index (χ2n) is 7.78. The molecule has 1 fully saturated rings. The molecular weight excluding hydrogens is 322 g/mol. The molecule has 2 unspecified atom stereocenters. The summed E-state index contributed by atoms with van der Waals surface area (Å²) in [5, 5.41) is 3.61. The highest BCUT2D eigenvalue weighted by Gasteiger charge is 2.23. The fourth-order valence-corrected chi connectivity index (χ4v) is 4.57. The van der Waals surface area contributed by atoms with Crippen LogP contribution in [0, 0.1) is 11.8 Å². The Labute approximate surface area is 155 Å². The summed E-state index contributed by atoms with van der Waals surface area (Å²) in [5.74, 6) is 2.63. The van der Waals surface area contributed by atoms with Crippen molar-refractivity contribution in [3.63, 3.8) is 0 Å². The molecular formula is C21H29N5. The number of fused-ring (bicyclic) bond motifs is 3. The molecule has 1 heterocycles. The predicted molar refractivity (Wildman–Crippen MR) is 107 cm³/mol. The lowest BCUT2D eigenvalue weighted by Crippen LogP contribution is -2.27. The van der Waals surface area contributed by atoms with Crippen molar-refractivity contribution in [2.75, 3.05) is 24.1 Å². The van der Waals surface area contributed by atoms with Crippen molar-refractivity contribution in [2.45, 2.75) is 44.9 Å². The number of anilines is 2. The van der Waals surface area contributed by atoms with E-state index in [0.717, 1.165) is 43.9 Å². The van der Waals surface area contributed by atoms with E-state index in [1.807, 2.05) is 0 Å². The first-order valence-electron chi connectivity index (χ1n) is 9.93. The first-order chi connectivity index (χ1) is 12.7. The number of hydrogen-bond donors (Lipinski definition) is 3. The number of hydrogen-bond acceptors (Lipinski definition) is 5. The third-order valence-electron chi connectivity index (χ3n) is 5.95. The topological polar surface area (TPSA) is 89.8 Å². The van der Waals surface area contributed by atoms with Crippen LogP contribution in [0.5, 0.6) is 0 Å². The molecule has 0 aliphatic heterocycles. The van der Waals surface area contributed by atoms with E-state index in [1.54, 1.807) is 0 Å². The quantitative estimate of drug-likeness (QED) is 0.785. The van der Waals surface area contributed by atoms with Crippen molar-refractivity contribution in [3.05, 3.63) is 35.4 Å². The summed E-state index contributed by atoms with van der Waals surface area (Å²) < 4.78 is 0. The van der Waals surface area contributed by atoms with Crippen LogP contribution in [0.25, 0.3) is 11.3 Å². The van der Waals surface area contributed by atoms with E-state index in [2.05, 4.69) is 39.6 Å². The van der Waals surface area contributed by atoms with Crippen molar-refractivity contribution in [1.82, 2.24) is 9.97 Å². The van der Waals surface area contributed by atoms with Gasteiger partial charge >= 0.3 is 0 Å².